The molecule has 2 fully saturated rings. The maximum absolute atomic E-state index is 13.0. The smallest absolute Gasteiger partial charge is 0.255 e. The highest BCUT2D eigenvalue weighted by molar-refractivity contribution is 6.01. The van der Waals surface area contributed by atoms with Gasteiger partial charge in [-0.1, -0.05) is 24.8 Å². The van der Waals surface area contributed by atoms with E-state index in [4.69, 9.17) is 0 Å². The summed E-state index contributed by atoms with van der Waals surface area (Å²) in [5.41, 5.74) is 6.05. The first kappa shape index (κ1) is 20.9. The number of amides is 2. The molecule has 1 aromatic heterocycles. The molecule has 0 spiro atoms. The number of hydrogen-bond acceptors (Lipinski definition) is 4. The molecule has 0 bridgehead atoms. The second kappa shape index (κ2) is 8.51. The van der Waals surface area contributed by atoms with Gasteiger partial charge in [0.25, 0.3) is 5.91 Å². The minimum atomic E-state index is -0.401. The first-order valence-corrected chi connectivity index (χ1v) is 11.6. The largest absolute Gasteiger partial charge is 0.329 e. The number of carbonyl (C=O) groups is 2. The van der Waals surface area contributed by atoms with Gasteiger partial charge in [0.15, 0.2) is 0 Å². The van der Waals surface area contributed by atoms with Crippen molar-refractivity contribution in [2.24, 2.45) is 0 Å². The molecule has 6 nitrogen and oxygen atoms in total. The number of nitrogens with zero attached hydrogens (tertiary/aromatic N) is 3. The highest BCUT2D eigenvalue weighted by atomic mass is 16.2. The Morgan fingerprint density at radius 1 is 1.12 bits per heavy atom. The summed E-state index contributed by atoms with van der Waals surface area (Å²) in [6, 6.07) is 12.1. The van der Waals surface area contributed by atoms with Crippen molar-refractivity contribution in [3.05, 3.63) is 76.8 Å². The van der Waals surface area contributed by atoms with Gasteiger partial charge in [0.05, 0.1) is 5.69 Å². The van der Waals surface area contributed by atoms with E-state index < -0.39 is 6.04 Å². The molecule has 2 amide bonds. The van der Waals surface area contributed by atoms with Crippen molar-refractivity contribution in [3.8, 4) is 0 Å². The number of allylic oxidation sites excluding steroid dienone is 1. The fourth-order valence-electron chi connectivity index (χ4n) is 5.27. The van der Waals surface area contributed by atoms with Crippen molar-refractivity contribution in [2.45, 2.75) is 57.7 Å². The van der Waals surface area contributed by atoms with Gasteiger partial charge in [0.1, 0.15) is 6.04 Å². The summed E-state index contributed by atoms with van der Waals surface area (Å²) >= 11 is 0. The number of hydrogen-bond donors (Lipinski definition) is 1. The minimum Gasteiger partial charge on any atom is -0.329 e. The Balaban J connectivity index is 1.23. The van der Waals surface area contributed by atoms with Gasteiger partial charge in [-0.3, -0.25) is 19.5 Å². The second-order valence-electron chi connectivity index (χ2n) is 9.32. The zero-order valence-corrected chi connectivity index (χ0v) is 18.6. The van der Waals surface area contributed by atoms with Crippen LogP contribution in [0.3, 0.4) is 0 Å². The molecule has 3 aliphatic heterocycles. The third kappa shape index (κ3) is 4.07. The minimum absolute atomic E-state index is 0.0281. The number of nitrogens with one attached hydrogen (secondary N) is 1. The van der Waals surface area contributed by atoms with Crippen LogP contribution in [0.25, 0.3) is 0 Å². The van der Waals surface area contributed by atoms with Crippen LogP contribution in [0.1, 0.15) is 64.5 Å². The van der Waals surface area contributed by atoms with Gasteiger partial charge >= 0.3 is 0 Å². The zero-order valence-electron chi connectivity index (χ0n) is 18.6. The van der Waals surface area contributed by atoms with Crippen LogP contribution in [0, 0.1) is 6.92 Å². The van der Waals surface area contributed by atoms with Crippen LogP contribution >= 0.6 is 0 Å². The lowest BCUT2D eigenvalue weighted by Crippen LogP contribution is -2.49. The molecule has 3 aliphatic rings. The summed E-state index contributed by atoms with van der Waals surface area (Å²) in [6.07, 6.45) is 3.58. The van der Waals surface area contributed by atoms with Crippen molar-refractivity contribution in [1.29, 1.82) is 0 Å². The van der Waals surface area contributed by atoms with E-state index in [0.29, 0.717) is 18.9 Å². The van der Waals surface area contributed by atoms with Crippen LogP contribution in [0.5, 0.6) is 0 Å². The Morgan fingerprint density at radius 2 is 1.94 bits per heavy atom. The Kier molecular flexibility index (Phi) is 5.55. The molecule has 1 atom stereocenters. The third-order valence-corrected chi connectivity index (χ3v) is 7.05. The molecule has 5 rings (SSSR count). The summed E-state index contributed by atoms with van der Waals surface area (Å²) in [5, 5.41) is 2.80. The number of aryl methyl sites for hydroxylation is 1. The summed E-state index contributed by atoms with van der Waals surface area (Å²) in [5.74, 6) is 0.366. The van der Waals surface area contributed by atoms with Crippen LogP contribution in [-0.2, 0) is 17.9 Å². The summed E-state index contributed by atoms with van der Waals surface area (Å²) < 4.78 is 0. The second-order valence-corrected chi connectivity index (χ2v) is 9.32. The first-order valence-electron chi connectivity index (χ1n) is 11.6. The van der Waals surface area contributed by atoms with Crippen LogP contribution in [0.15, 0.2) is 48.7 Å². The molecular formula is C26H30N4O2. The SMILES string of the molecule is C=C1CCC(N2Cc3cc(C4CCN(Cc5cccc(C)n5)CC4)ccc3C2=O)C(=O)N1. The van der Waals surface area contributed by atoms with E-state index in [1.165, 1.54) is 5.56 Å². The van der Waals surface area contributed by atoms with Crippen LogP contribution < -0.4 is 5.32 Å². The van der Waals surface area contributed by atoms with Crippen LogP contribution in [0.2, 0.25) is 0 Å². The Hall–Kier alpha value is -2.99. The van der Waals surface area contributed by atoms with Gasteiger partial charge in [-0.2, -0.15) is 0 Å². The summed E-state index contributed by atoms with van der Waals surface area (Å²) in [6.45, 7) is 9.39. The molecule has 4 heterocycles. The molecule has 2 aromatic rings. The monoisotopic (exact) mass is 430 g/mol. The van der Waals surface area contributed by atoms with Crippen molar-refractivity contribution in [1.82, 2.24) is 20.1 Å². The quantitative estimate of drug-likeness (QED) is 0.806. The lowest BCUT2D eigenvalue weighted by Gasteiger charge is -2.32. The summed E-state index contributed by atoms with van der Waals surface area (Å²) in [4.78, 5) is 34.2. The van der Waals surface area contributed by atoms with Crippen LogP contribution in [-0.4, -0.2) is 45.7 Å². The van der Waals surface area contributed by atoms with Crippen molar-refractivity contribution >= 4 is 11.8 Å². The molecule has 0 saturated carbocycles. The van der Waals surface area contributed by atoms with Gasteiger partial charge in [0, 0.05) is 30.0 Å². The lowest BCUT2D eigenvalue weighted by molar-refractivity contribution is -0.126. The fraction of sp³-hybridized carbons (Fsp3) is 0.423. The third-order valence-electron chi connectivity index (χ3n) is 7.05. The summed E-state index contributed by atoms with van der Waals surface area (Å²) in [7, 11) is 0. The van der Waals surface area contributed by atoms with E-state index in [0.717, 1.165) is 67.1 Å². The number of fused-ring (bicyclic) bond motifs is 1. The molecule has 0 aliphatic carbocycles. The van der Waals surface area contributed by atoms with E-state index in [-0.39, 0.29) is 11.8 Å². The average molecular weight is 431 g/mol. The van der Waals surface area contributed by atoms with E-state index in [2.05, 4.69) is 46.0 Å². The van der Waals surface area contributed by atoms with Gasteiger partial charge < -0.3 is 10.2 Å². The van der Waals surface area contributed by atoms with Crippen molar-refractivity contribution < 1.29 is 9.59 Å². The average Bonchev–Trinajstić information content (AvgIpc) is 3.10. The number of piperidine rings is 2. The first-order chi connectivity index (χ1) is 15.5. The molecule has 1 aromatic carbocycles. The molecular weight excluding hydrogens is 400 g/mol. The topological polar surface area (TPSA) is 65.5 Å². The van der Waals surface area contributed by atoms with Gasteiger partial charge in [0.2, 0.25) is 5.91 Å². The molecule has 166 valence electrons. The molecule has 1 unspecified atom stereocenters. The van der Waals surface area contributed by atoms with E-state index in [9.17, 15) is 9.59 Å². The van der Waals surface area contributed by atoms with E-state index in [1.807, 2.05) is 19.1 Å². The standard InChI is InChI=1S/C26H30N4O2/c1-17-4-3-5-22(27-17)16-29-12-10-19(11-13-29)20-7-8-23-21(14-20)15-30(26(23)32)24-9-6-18(2)28-25(24)31/h3-5,7-8,14,19,24H,2,6,9-13,15-16H2,1H3,(H,28,31). The van der Waals surface area contributed by atoms with Crippen molar-refractivity contribution in [2.75, 3.05) is 13.1 Å². The number of carbonyl (C=O) groups excluding carboxylic acids is 2. The Labute approximate surface area is 189 Å². The Bertz CT molecular complexity index is 1070. The number of rotatable bonds is 4. The molecule has 6 heteroatoms. The zero-order chi connectivity index (χ0) is 22.2. The van der Waals surface area contributed by atoms with E-state index in [1.54, 1.807) is 4.90 Å². The number of benzene rings is 1. The molecule has 0 radical (unpaired) electrons. The van der Waals surface area contributed by atoms with Gasteiger partial charge in [-0.15, -0.1) is 0 Å². The number of aromatic nitrogens is 1. The predicted octanol–water partition coefficient (Wildman–Crippen LogP) is 3.52. The highest BCUT2D eigenvalue weighted by Gasteiger charge is 2.38. The van der Waals surface area contributed by atoms with Crippen molar-refractivity contribution in [3.63, 3.8) is 0 Å². The maximum Gasteiger partial charge on any atom is 0.255 e. The number of likely N-dealkylation sites (tertiary alicyclic amines) is 1. The fourth-order valence-corrected chi connectivity index (χ4v) is 5.27. The molecule has 1 N–H and O–H groups in total. The molecule has 32 heavy (non-hydrogen) atoms. The Morgan fingerprint density at radius 3 is 2.69 bits per heavy atom. The highest BCUT2D eigenvalue weighted by Crippen LogP contribution is 2.34. The van der Waals surface area contributed by atoms with Gasteiger partial charge in [-0.25, -0.2) is 0 Å². The van der Waals surface area contributed by atoms with Gasteiger partial charge in [-0.05, 0) is 80.9 Å². The predicted molar refractivity (Wildman–Crippen MR) is 123 cm³/mol. The normalized spacial score (nSPS) is 22.2. The number of pyridine rings is 1. The van der Waals surface area contributed by atoms with E-state index >= 15 is 0 Å². The maximum atomic E-state index is 13.0. The molecule has 2 saturated heterocycles. The lowest BCUT2D eigenvalue weighted by atomic mass is 9.88. The van der Waals surface area contributed by atoms with Crippen LogP contribution in [0.4, 0.5) is 0 Å².